The zero-order valence-electron chi connectivity index (χ0n) is 9.19. The van der Waals surface area contributed by atoms with Crippen molar-refractivity contribution >= 4 is 28.6 Å². The van der Waals surface area contributed by atoms with Gasteiger partial charge in [0, 0.05) is 5.69 Å². The van der Waals surface area contributed by atoms with Gasteiger partial charge in [0.15, 0.2) is 0 Å². The van der Waals surface area contributed by atoms with Crippen molar-refractivity contribution in [1.82, 2.24) is 0 Å². The first-order valence-corrected chi connectivity index (χ1v) is 5.71. The zero-order valence-corrected chi connectivity index (χ0v) is 10.0. The van der Waals surface area contributed by atoms with Gasteiger partial charge in [-0.2, -0.15) is 0 Å². The third kappa shape index (κ3) is 3.58. The SMILES string of the molecule is Cc1ccccc1NC(=O)C(C)SC(N)=O. The van der Waals surface area contributed by atoms with Gasteiger partial charge in [-0.05, 0) is 25.5 Å². The van der Waals surface area contributed by atoms with Crippen molar-refractivity contribution in [2.24, 2.45) is 5.73 Å². The molecule has 0 aliphatic rings. The molecule has 0 aromatic heterocycles. The monoisotopic (exact) mass is 238 g/mol. The van der Waals surface area contributed by atoms with Crippen LogP contribution in [-0.2, 0) is 4.79 Å². The van der Waals surface area contributed by atoms with Crippen LogP contribution in [-0.4, -0.2) is 16.4 Å². The number of primary amides is 1. The molecule has 0 saturated heterocycles. The van der Waals surface area contributed by atoms with E-state index in [2.05, 4.69) is 5.32 Å². The van der Waals surface area contributed by atoms with E-state index in [9.17, 15) is 9.59 Å². The highest BCUT2D eigenvalue weighted by atomic mass is 32.2. The maximum atomic E-state index is 11.7. The van der Waals surface area contributed by atoms with E-state index >= 15 is 0 Å². The quantitative estimate of drug-likeness (QED) is 0.847. The smallest absolute Gasteiger partial charge is 0.277 e. The second kappa shape index (κ2) is 5.55. The molecule has 1 atom stereocenters. The van der Waals surface area contributed by atoms with Crippen molar-refractivity contribution < 1.29 is 9.59 Å². The van der Waals surface area contributed by atoms with E-state index in [1.54, 1.807) is 6.92 Å². The highest BCUT2D eigenvalue weighted by Gasteiger charge is 2.16. The van der Waals surface area contributed by atoms with Crippen LogP contribution in [0.4, 0.5) is 10.5 Å². The summed E-state index contributed by atoms with van der Waals surface area (Å²) in [5.41, 5.74) is 6.73. The van der Waals surface area contributed by atoms with E-state index in [0.29, 0.717) is 0 Å². The number of aryl methyl sites for hydroxylation is 1. The second-order valence-corrected chi connectivity index (χ2v) is 4.73. The normalized spacial score (nSPS) is 11.9. The maximum absolute atomic E-state index is 11.7. The Labute approximate surface area is 98.6 Å². The number of nitrogens with one attached hydrogen (secondary N) is 1. The number of anilines is 1. The highest BCUT2D eigenvalue weighted by Crippen LogP contribution is 2.16. The first-order valence-electron chi connectivity index (χ1n) is 4.83. The Morgan fingerprint density at radius 3 is 2.56 bits per heavy atom. The molecule has 0 spiro atoms. The Morgan fingerprint density at radius 1 is 1.38 bits per heavy atom. The Morgan fingerprint density at radius 2 is 2.00 bits per heavy atom. The molecule has 86 valence electrons. The van der Waals surface area contributed by atoms with Gasteiger partial charge in [-0.3, -0.25) is 9.59 Å². The maximum Gasteiger partial charge on any atom is 0.277 e. The van der Waals surface area contributed by atoms with Crippen LogP contribution in [0.5, 0.6) is 0 Å². The summed E-state index contributed by atoms with van der Waals surface area (Å²) in [6.45, 7) is 3.55. The predicted octanol–water partition coefficient (Wildman–Crippen LogP) is 2.13. The van der Waals surface area contributed by atoms with E-state index in [-0.39, 0.29) is 5.91 Å². The van der Waals surface area contributed by atoms with Gasteiger partial charge in [0.25, 0.3) is 5.24 Å². The second-order valence-electron chi connectivity index (χ2n) is 3.38. The highest BCUT2D eigenvalue weighted by molar-refractivity contribution is 8.14. The van der Waals surface area contributed by atoms with Gasteiger partial charge in [-0.1, -0.05) is 30.0 Å². The van der Waals surface area contributed by atoms with Crippen molar-refractivity contribution in [3.63, 3.8) is 0 Å². The van der Waals surface area contributed by atoms with Crippen LogP contribution in [0.25, 0.3) is 0 Å². The number of hydrogen-bond acceptors (Lipinski definition) is 3. The average molecular weight is 238 g/mol. The molecule has 0 bridgehead atoms. The lowest BCUT2D eigenvalue weighted by Crippen LogP contribution is -2.25. The Kier molecular flexibility index (Phi) is 4.37. The Balaban J connectivity index is 2.64. The topological polar surface area (TPSA) is 72.2 Å². The van der Waals surface area contributed by atoms with Gasteiger partial charge in [0.2, 0.25) is 5.91 Å². The number of rotatable bonds is 3. The van der Waals surface area contributed by atoms with Gasteiger partial charge in [-0.15, -0.1) is 0 Å². The lowest BCUT2D eigenvalue weighted by molar-refractivity contribution is -0.115. The number of para-hydroxylation sites is 1. The van der Waals surface area contributed by atoms with Gasteiger partial charge in [-0.25, -0.2) is 0 Å². The molecule has 0 heterocycles. The number of benzene rings is 1. The third-order valence-electron chi connectivity index (χ3n) is 2.07. The third-order valence-corrected chi connectivity index (χ3v) is 2.87. The van der Waals surface area contributed by atoms with E-state index in [1.165, 1.54) is 0 Å². The zero-order chi connectivity index (χ0) is 12.1. The summed E-state index contributed by atoms with van der Waals surface area (Å²) in [6.07, 6.45) is 0. The number of carbonyl (C=O) groups excluding carboxylic acids is 2. The molecule has 2 amide bonds. The fourth-order valence-electron chi connectivity index (χ4n) is 1.18. The van der Waals surface area contributed by atoms with Crippen LogP contribution in [0.3, 0.4) is 0 Å². The van der Waals surface area contributed by atoms with Crippen molar-refractivity contribution in [3.8, 4) is 0 Å². The molecule has 1 unspecified atom stereocenters. The van der Waals surface area contributed by atoms with Crippen LogP contribution in [0, 0.1) is 6.92 Å². The number of carbonyl (C=O) groups is 2. The number of amides is 2. The summed E-state index contributed by atoms with van der Waals surface area (Å²) in [5.74, 6) is -0.224. The first-order chi connectivity index (χ1) is 7.50. The van der Waals surface area contributed by atoms with E-state index in [0.717, 1.165) is 23.0 Å². The van der Waals surface area contributed by atoms with Crippen LogP contribution in [0.15, 0.2) is 24.3 Å². The molecule has 5 heteroatoms. The molecular formula is C11H14N2O2S. The summed E-state index contributed by atoms with van der Waals surface area (Å²) < 4.78 is 0. The largest absolute Gasteiger partial charge is 0.360 e. The molecule has 0 aliphatic carbocycles. The molecule has 1 aromatic rings. The summed E-state index contributed by atoms with van der Waals surface area (Å²) in [7, 11) is 0. The first kappa shape index (κ1) is 12.6. The molecule has 16 heavy (non-hydrogen) atoms. The summed E-state index contributed by atoms with van der Waals surface area (Å²) >= 11 is 0.814. The fourth-order valence-corrected chi connectivity index (χ4v) is 1.69. The minimum Gasteiger partial charge on any atom is -0.360 e. The van der Waals surface area contributed by atoms with Crippen LogP contribution in [0.2, 0.25) is 0 Å². The molecule has 4 nitrogen and oxygen atoms in total. The van der Waals surface area contributed by atoms with E-state index in [1.807, 2.05) is 31.2 Å². The number of nitrogens with two attached hydrogens (primary N) is 1. The minimum atomic E-state index is -0.549. The van der Waals surface area contributed by atoms with Gasteiger partial charge < -0.3 is 11.1 Å². The summed E-state index contributed by atoms with van der Waals surface area (Å²) in [4.78, 5) is 22.3. The molecule has 3 N–H and O–H groups in total. The molecular weight excluding hydrogens is 224 g/mol. The summed E-state index contributed by atoms with van der Waals surface area (Å²) in [6, 6.07) is 7.46. The minimum absolute atomic E-state index is 0.224. The lowest BCUT2D eigenvalue weighted by Gasteiger charge is -2.11. The number of hydrogen-bond donors (Lipinski definition) is 2. The molecule has 1 aromatic carbocycles. The van der Waals surface area contributed by atoms with Crippen molar-refractivity contribution in [2.75, 3.05) is 5.32 Å². The molecule has 1 rings (SSSR count). The molecule has 0 fully saturated rings. The van der Waals surface area contributed by atoms with Gasteiger partial charge >= 0.3 is 0 Å². The van der Waals surface area contributed by atoms with Gasteiger partial charge in [0.05, 0.1) is 5.25 Å². The lowest BCUT2D eigenvalue weighted by atomic mass is 10.2. The van der Waals surface area contributed by atoms with E-state index in [4.69, 9.17) is 5.73 Å². The molecule has 0 aliphatic heterocycles. The van der Waals surface area contributed by atoms with Crippen LogP contribution in [0.1, 0.15) is 12.5 Å². The van der Waals surface area contributed by atoms with Crippen molar-refractivity contribution in [1.29, 1.82) is 0 Å². The fraction of sp³-hybridized carbons (Fsp3) is 0.273. The average Bonchev–Trinajstić information content (AvgIpc) is 2.20. The van der Waals surface area contributed by atoms with Crippen LogP contribution < -0.4 is 11.1 Å². The van der Waals surface area contributed by atoms with Crippen molar-refractivity contribution in [2.45, 2.75) is 19.1 Å². The predicted molar refractivity (Wildman–Crippen MR) is 66.4 cm³/mol. The van der Waals surface area contributed by atoms with E-state index < -0.39 is 10.5 Å². The van der Waals surface area contributed by atoms with Gasteiger partial charge in [0.1, 0.15) is 0 Å². The standard InChI is InChI=1S/C11H14N2O2S/c1-7-5-3-4-6-9(7)13-10(14)8(2)16-11(12)15/h3-6,8H,1-2H3,(H2,12,15)(H,13,14). The summed E-state index contributed by atoms with van der Waals surface area (Å²) in [5, 5.41) is 1.71. The van der Waals surface area contributed by atoms with Crippen LogP contribution >= 0.6 is 11.8 Å². The van der Waals surface area contributed by atoms with Crippen molar-refractivity contribution in [3.05, 3.63) is 29.8 Å². The number of thioether (sulfide) groups is 1. The Bertz CT molecular complexity index is 407. The molecule has 0 radical (unpaired) electrons. The Hall–Kier alpha value is -1.49. The molecule has 0 saturated carbocycles.